The molecule has 0 bridgehead atoms. The number of nitrogens with two attached hydrogens (primary N) is 1. The van der Waals surface area contributed by atoms with Crippen molar-refractivity contribution in [1.29, 1.82) is 0 Å². The van der Waals surface area contributed by atoms with E-state index in [1.165, 1.54) is 10.5 Å². The first-order valence-corrected chi connectivity index (χ1v) is 6.97. The monoisotopic (exact) mass is 259 g/mol. The molecule has 3 heteroatoms. The van der Waals surface area contributed by atoms with E-state index in [4.69, 9.17) is 10.5 Å². The minimum atomic E-state index is 0.599. The van der Waals surface area contributed by atoms with Crippen LogP contribution in [0.1, 0.15) is 5.56 Å². The number of para-hydroxylation sites is 1. The molecule has 0 amide bonds. The van der Waals surface area contributed by atoms with Crippen LogP contribution in [-0.4, -0.2) is 12.4 Å². The molecule has 2 aromatic carbocycles. The van der Waals surface area contributed by atoms with E-state index in [1.807, 2.05) is 30.3 Å². The molecule has 2 N–H and O–H groups in total. The summed E-state index contributed by atoms with van der Waals surface area (Å²) in [6.07, 6.45) is 0. The normalized spacial score (nSPS) is 10.3. The van der Waals surface area contributed by atoms with Gasteiger partial charge in [-0.1, -0.05) is 30.3 Å². The zero-order valence-corrected chi connectivity index (χ0v) is 11.0. The van der Waals surface area contributed by atoms with Crippen LogP contribution in [0, 0.1) is 0 Å². The third-order valence-electron chi connectivity index (χ3n) is 2.52. The molecule has 2 aromatic rings. The molecule has 0 fully saturated rings. The smallest absolute Gasteiger partial charge is 0.119 e. The fraction of sp³-hybridized carbons (Fsp3) is 0.200. The van der Waals surface area contributed by atoms with Gasteiger partial charge in [0, 0.05) is 17.2 Å². The van der Waals surface area contributed by atoms with Crippen LogP contribution in [0.4, 0.5) is 0 Å². The van der Waals surface area contributed by atoms with Gasteiger partial charge >= 0.3 is 0 Å². The van der Waals surface area contributed by atoms with E-state index in [9.17, 15) is 0 Å². The van der Waals surface area contributed by atoms with Crippen molar-refractivity contribution in [3.63, 3.8) is 0 Å². The first kappa shape index (κ1) is 13.0. The molecule has 0 aliphatic heterocycles. The molecule has 94 valence electrons. The van der Waals surface area contributed by atoms with Gasteiger partial charge in [-0.05, 0) is 29.8 Å². The summed E-state index contributed by atoms with van der Waals surface area (Å²) in [5.74, 6) is 1.87. The molecule has 0 aliphatic rings. The summed E-state index contributed by atoms with van der Waals surface area (Å²) < 4.78 is 5.63. The Labute approximate surface area is 112 Å². The van der Waals surface area contributed by atoms with Crippen molar-refractivity contribution < 1.29 is 4.74 Å². The van der Waals surface area contributed by atoms with Crippen molar-refractivity contribution in [2.75, 3.05) is 12.4 Å². The predicted octanol–water partition coefficient (Wildman–Crippen LogP) is 3.32. The van der Waals surface area contributed by atoms with E-state index in [2.05, 4.69) is 24.3 Å². The molecular formula is C15H17NOS. The third-order valence-corrected chi connectivity index (χ3v) is 3.50. The highest BCUT2D eigenvalue weighted by molar-refractivity contribution is 7.99. The summed E-state index contributed by atoms with van der Waals surface area (Å²) in [5, 5.41) is 0. The first-order valence-electron chi connectivity index (χ1n) is 5.98. The van der Waals surface area contributed by atoms with Crippen LogP contribution in [0.5, 0.6) is 5.75 Å². The minimum absolute atomic E-state index is 0.599. The average Bonchev–Trinajstić information content (AvgIpc) is 2.45. The van der Waals surface area contributed by atoms with Gasteiger partial charge in [0.15, 0.2) is 0 Å². The number of benzene rings is 2. The summed E-state index contributed by atoms with van der Waals surface area (Å²) in [6.45, 7) is 1.31. The molecule has 0 heterocycles. The topological polar surface area (TPSA) is 35.2 Å². The second-order valence-corrected chi connectivity index (χ2v) is 5.03. The van der Waals surface area contributed by atoms with Gasteiger partial charge in [-0.2, -0.15) is 0 Å². The Balaban J connectivity index is 1.72. The summed E-state index contributed by atoms with van der Waals surface area (Å²) in [4.78, 5) is 1.25. The van der Waals surface area contributed by atoms with Gasteiger partial charge in [-0.15, -0.1) is 11.8 Å². The van der Waals surface area contributed by atoms with Gasteiger partial charge in [-0.25, -0.2) is 0 Å². The van der Waals surface area contributed by atoms with Gasteiger partial charge in [0.2, 0.25) is 0 Å². The molecule has 0 aliphatic carbocycles. The van der Waals surface area contributed by atoms with Crippen molar-refractivity contribution >= 4 is 11.8 Å². The van der Waals surface area contributed by atoms with Gasteiger partial charge in [0.1, 0.15) is 5.75 Å². The number of hydrogen-bond donors (Lipinski definition) is 1. The molecular weight excluding hydrogens is 242 g/mol. The second-order valence-electron chi connectivity index (χ2n) is 3.86. The van der Waals surface area contributed by atoms with Crippen LogP contribution in [0.25, 0.3) is 0 Å². The van der Waals surface area contributed by atoms with Crippen LogP contribution in [-0.2, 0) is 6.54 Å². The Bertz CT molecular complexity index is 456. The van der Waals surface area contributed by atoms with Gasteiger partial charge < -0.3 is 10.5 Å². The molecule has 0 saturated carbocycles. The fourth-order valence-corrected chi connectivity index (χ4v) is 2.29. The van der Waals surface area contributed by atoms with Crippen LogP contribution < -0.4 is 10.5 Å². The average molecular weight is 259 g/mol. The van der Waals surface area contributed by atoms with Crippen LogP contribution in [0.15, 0.2) is 59.5 Å². The zero-order valence-electron chi connectivity index (χ0n) is 10.2. The molecule has 0 spiro atoms. The van der Waals surface area contributed by atoms with Gasteiger partial charge in [-0.3, -0.25) is 0 Å². The molecule has 18 heavy (non-hydrogen) atoms. The lowest BCUT2D eigenvalue weighted by Gasteiger charge is -2.06. The molecule has 2 nitrogen and oxygen atoms in total. The highest BCUT2D eigenvalue weighted by Crippen LogP contribution is 2.18. The quantitative estimate of drug-likeness (QED) is 0.638. The Morgan fingerprint density at radius 3 is 2.33 bits per heavy atom. The predicted molar refractivity (Wildman–Crippen MR) is 77.0 cm³/mol. The molecule has 0 atom stereocenters. The lowest BCUT2D eigenvalue weighted by molar-refractivity contribution is 0.344. The van der Waals surface area contributed by atoms with Gasteiger partial charge in [0.25, 0.3) is 0 Å². The summed E-state index contributed by atoms with van der Waals surface area (Å²) in [5.41, 5.74) is 6.73. The van der Waals surface area contributed by atoms with E-state index in [0.717, 1.165) is 11.5 Å². The fourth-order valence-electron chi connectivity index (χ4n) is 1.56. The molecule has 0 aromatic heterocycles. The maximum Gasteiger partial charge on any atom is 0.119 e. The van der Waals surface area contributed by atoms with E-state index in [0.29, 0.717) is 13.2 Å². The Morgan fingerprint density at radius 1 is 0.944 bits per heavy atom. The lowest BCUT2D eigenvalue weighted by atomic mass is 10.2. The van der Waals surface area contributed by atoms with E-state index < -0.39 is 0 Å². The maximum atomic E-state index is 5.63. The van der Waals surface area contributed by atoms with Crippen LogP contribution in [0.2, 0.25) is 0 Å². The highest BCUT2D eigenvalue weighted by atomic mass is 32.2. The van der Waals surface area contributed by atoms with Crippen molar-refractivity contribution in [3.05, 3.63) is 60.2 Å². The van der Waals surface area contributed by atoms with E-state index >= 15 is 0 Å². The third kappa shape index (κ3) is 4.09. The Hall–Kier alpha value is -1.45. The number of thioether (sulfide) groups is 1. The first-order chi connectivity index (χ1) is 8.88. The van der Waals surface area contributed by atoms with Crippen LogP contribution >= 0.6 is 11.8 Å². The highest BCUT2D eigenvalue weighted by Gasteiger charge is 1.96. The number of ether oxygens (including phenoxy) is 1. The van der Waals surface area contributed by atoms with Gasteiger partial charge in [0.05, 0.1) is 6.61 Å². The van der Waals surface area contributed by atoms with Crippen molar-refractivity contribution in [2.24, 2.45) is 5.73 Å². The number of rotatable bonds is 6. The Morgan fingerprint density at radius 2 is 1.67 bits per heavy atom. The van der Waals surface area contributed by atoms with Crippen molar-refractivity contribution in [2.45, 2.75) is 11.4 Å². The van der Waals surface area contributed by atoms with Crippen molar-refractivity contribution in [3.8, 4) is 5.75 Å². The molecule has 0 unspecified atom stereocenters. The molecule has 0 saturated heterocycles. The summed E-state index contributed by atoms with van der Waals surface area (Å²) in [6, 6.07) is 18.2. The SMILES string of the molecule is NCc1ccc(SCCOc2ccccc2)cc1. The molecule has 0 radical (unpaired) electrons. The molecule has 2 rings (SSSR count). The van der Waals surface area contributed by atoms with Crippen molar-refractivity contribution in [1.82, 2.24) is 0 Å². The summed E-state index contributed by atoms with van der Waals surface area (Å²) in [7, 11) is 0. The number of hydrogen-bond acceptors (Lipinski definition) is 3. The minimum Gasteiger partial charge on any atom is -0.493 e. The zero-order chi connectivity index (χ0) is 12.6. The van der Waals surface area contributed by atoms with E-state index in [-0.39, 0.29) is 0 Å². The maximum absolute atomic E-state index is 5.63. The van der Waals surface area contributed by atoms with Crippen LogP contribution in [0.3, 0.4) is 0 Å². The lowest BCUT2D eigenvalue weighted by Crippen LogP contribution is -2.00. The Kier molecular flexibility index (Phi) is 5.12. The summed E-state index contributed by atoms with van der Waals surface area (Å²) >= 11 is 1.79. The second kappa shape index (κ2) is 7.09. The standard InChI is InChI=1S/C15H17NOS/c16-12-13-6-8-15(9-7-13)18-11-10-17-14-4-2-1-3-5-14/h1-9H,10-12,16H2. The van der Waals surface area contributed by atoms with E-state index in [1.54, 1.807) is 11.8 Å². The largest absolute Gasteiger partial charge is 0.493 e.